The van der Waals surface area contributed by atoms with Crippen LogP contribution in [0.5, 0.6) is 0 Å². The van der Waals surface area contributed by atoms with E-state index >= 15 is 0 Å². The number of halogens is 1. The Morgan fingerprint density at radius 2 is 1.89 bits per heavy atom. The molecular weight excluding hydrogens is 406 g/mol. The molecule has 0 N–H and O–H groups in total. The summed E-state index contributed by atoms with van der Waals surface area (Å²) in [6.07, 6.45) is 5.37. The number of benzene rings is 1. The normalized spacial score (nSPS) is 19.2. The highest BCUT2D eigenvalue weighted by Crippen LogP contribution is 2.33. The Balaban J connectivity index is 1.74. The van der Waals surface area contributed by atoms with Crippen molar-refractivity contribution in [3.05, 3.63) is 43.8 Å². The molecule has 8 nitrogen and oxygen atoms in total. The fourth-order valence-electron chi connectivity index (χ4n) is 3.10. The van der Waals surface area contributed by atoms with E-state index in [4.69, 9.17) is 11.6 Å². The first kappa shape index (κ1) is 20.3. The third-order valence-electron chi connectivity index (χ3n) is 4.59. The number of carbonyl (C=O) groups is 3. The van der Waals surface area contributed by atoms with Crippen LogP contribution in [0.1, 0.15) is 31.2 Å². The van der Waals surface area contributed by atoms with Crippen LogP contribution in [0.3, 0.4) is 0 Å². The maximum absolute atomic E-state index is 12.6. The van der Waals surface area contributed by atoms with E-state index in [2.05, 4.69) is 0 Å². The Morgan fingerprint density at radius 1 is 1.21 bits per heavy atom. The van der Waals surface area contributed by atoms with E-state index in [9.17, 15) is 24.5 Å². The molecule has 2 heterocycles. The van der Waals surface area contributed by atoms with Crippen LogP contribution < -0.4 is 0 Å². The summed E-state index contributed by atoms with van der Waals surface area (Å²) in [5.41, 5.74) is 0.0893. The predicted octanol–water partition coefficient (Wildman–Crippen LogP) is 3.69. The predicted molar refractivity (Wildman–Crippen MR) is 106 cm³/mol. The van der Waals surface area contributed by atoms with Gasteiger partial charge in [-0.2, -0.15) is 0 Å². The minimum absolute atomic E-state index is 0.0155. The molecule has 0 spiro atoms. The number of thioether (sulfide) groups is 1. The Morgan fingerprint density at radius 3 is 2.54 bits per heavy atom. The highest BCUT2D eigenvalue weighted by atomic mass is 35.5. The van der Waals surface area contributed by atoms with Crippen molar-refractivity contribution in [2.45, 2.75) is 25.7 Å². The third kappa shape index (κ3) is 4.53. The maximum Gasteiger partial charge on any atom is 0.294 e. The number of rotatable bonds is 4. The highest BCUT2D eigenvalue weighted by molar-refractivity contribution is 8.18. The molecule has 0 unspecified atom stereocenters. The number of imide groups is 1. The van der Waals surface area contributed by atoms with Crippen molar-refractivity contribution >= 4 is 52.2 Å². The summed E-state index contributed by atoms with van der Waals surface area (Å²) in [7, 11) is 0. The average Bonchev–Trinajstić information content (AvgIpc) is 2.87. The molecule has 0 aliphatic carbocycles. The molecule has 0 atom stereocenters. The second-order valence-electron chi connectivity index (χ2n) is 6.53. The van der Waals surface area contributed by atoms with Crippen molar-refractivity contribution in [2.24, 2.45) is 0 Å². The van der Waals surface area contributed by atoms with Gasteiger partial charge in [-0.1, -0.05) is 30.5 Å². The summed E-state index contributed by atoms with van der Waals surface area (Å²) in [5.74, 6) is -0.816. The number of nitro groups is 1. The molecule has 2 aliphatic rings. The van der Waals surface area contributed by atoms with E-state index in [1.807, 2.05) is 0 Å². The smallest absolute Gasteiger partial charge is 0.294 e. The zero-order valence-corrected chi connectivity index (χ0v) is 16.5. The van der Waals surface area contributed by atoms with Gasteiger partial charge in [-0.05, 0) is 42.3 Å². The van der Waals surface area contributed by atoms with Gasteiger partial charge < -0.3 is 4.90 Å². The second kappa shape index (κ2) is 8.74. The quantitative estimate of drug-likeness (QED) is 0.416. The highest BCUT2D eigenvalue weighted by Gasteiger charge is 2.37. The zero-order chi connectivity index (χ0) is 20.3. The van der Waals surface area contributed by atoms with Crippen LogP contribution in [-0.2, 0) is 9.59 Å². The number of amides is 3. The minimum Gasteiger partial charge on any atom is -0.341 e. The maximum atomic E-state index is 12.6. The van der Waals surface area contributed by atoms with Crippen LogP contribution in [0.15, 0.2) is 23.1 Å². The van der Waals surface area contributed by atoms with Gasteiger partial charge in [-0.15, -0.1) is 0 Å². The first-order chi connectivity index (χ1) is 13.4. The fourth-order valence-corrected chi connectivity index (χ4v) is 4.13. The Kier molecular flexibility index (Phi) is 6.35. The lowest BCUT2D eigenvalue weighted by atomic mass is 10.2. The summed E-state index contributed by atoms with van der Waals surface area (Å²) < 4.78 is 0. The van der Waals surface area contributed by atoms with Gasteiger partial charge in [0.25, 0.3) is 16.8 Å². The number of likely N-dealkylation sites (tertiary alicyclic amines) is 1. The lowest BCUT2D eigenvalue weighted by Crippen LogP contribution is -2.42. The first-order valence-electron chi connectivity index (χ1n) is 8.84. The van der Waals surface area contributed by atoms with E-state index in [1.165, 1.54) is 24.3 Å². The van der Waals surface area contributed by atoms with Crippen molar-refractivity contribution in [1.82, 2.24) is 9.80 Å². The van der Waals surface area contributed by atoms with E-state index in [0.29, 0.717) is 30.4 Å². The van der Waals surface area contributed by atoms with Gasteiger partial charge in [0.2, 0.25) is 5.91 Å². The van der Waals surface area contributed by atoms with Crippen molar-refractivity contribution in [3.8, 4) is 0 Å². The fraction of sp³-hybridized carbons (Fsp3) is 0.389. The van der Waals surface area contributed by atoms with Crippen LogP contribution in [-0.4, -0.2) is 51.4 Å². The molecule has 28 heavy (non-hydrogen) atoms. The third-order valence-corrected chi connectivity index (χ3v) is 5.82. The van der Waals surface area contributed by atoms with Gasteiger partial charge in [0.1, 0.15) is 11.6 Å². The molecular formula is C18H18ClN3O5S. The van der Waals surface area contributed by atoms with Gasteiger partial charge in [-0.25, -0.2) is 0 Å². The number of hydrogen-bond donors (Lipinski definition) is 0. The van der Waals surface area contributed by atoms with Crippen molar-refractivity contribution in [2.75, 3.05) is 19.6 Å². The number of hydrogen-bond acceptors (Lipinski definition) is 6. The minimum atomic E-state index is -0.620. The van der Waals surface area contributed by atoms with Gasteiger partial charge in [0.05, 0.1) is 9.83 Å². The summed E-state index contributed by atoms with van der Waals surface area (Å²) >= 11 is 6.50. The molecule has 2 aliphatic heterocycles. The Hall–Kier alpha value is -2.39. The molecule has 0 radical (unpaired) electrons. The standard InChI is InChI=1S/C18H18ClN3O5S/c19-13-6-5-12(9-14(13)22(26)27)10-15-17(24)21(18(25)28-15)11-16(23)20-7-3-1-2-4-8-20/h5-6,9-10H,1-4,7-8,11H2. The molecule has 1 aromatic rings. The topological polar surface area (TPSA) is 101 Å². The zero-order valence-electron chi connectivity index (χ0n) is 14.9. The number of nitro benzene ring substituents is 1. The van der Waals surface area contributed by atoms with Crippen LogP contribution in [0.4, 0.5) is 10.5 Å². The van der Waals surface area contributed by atoms with E-state index in [0.717, 1.165) is 30.6 Å². The van der Waals surface area contributed by atoms with Gasteiger partial charge in [0.15, 0.2) is 0 Å². The largest absolute Gasteiger partial charge is 0.341 e. The molecule has 2 fully saturated rings. The lowest BCUT2D eigenvalue weighted by Gasteiger charge is -2.22. The van der Waals surface area contributed by atoms with Crippen LogP contribution in [0.2, 0.25) is 5.02 Å². The molecule has 3 rings (SSSR count). The van der Waals surface area contributed by atoms with Crippen molar-refractivity contribution < 1.29 is 19.3 Å². The van der Waals surface area contributed by atoms with Gasteiger partial charge in [0, 0.05) is 19.2 Å². The first-order valence-corrected chi connectivity index (χ1v) is 10.0. The van der Waals surface area contributed by atoms with Crippen LogP contribution in [0.25, 0.3) is 6.08 Å². The molecule has 148 valence electrons. The SMILES string of the molecule is O=C(CN1C(=O)SC(=Cc2ccc(Cl)c([N+](=O)[O-])c2)C1=O)N1CCCCCC1. The van der Waals surface area contributed by atoms with Crippen molar-refractivity contribution in [1.29, 1.82) is 0 Å². The summed E-state index contributed by atoms with van der Waals surface area (Å²) in [4.78, 5) is 50.4. The number of nitrogens with zero attached hydrogens (tertiary/aromatic N) is 3. The van der Waals surface area contributed by atoms with Gasteiger partial charge in [-0.3, -0.25) is 29.4 Å². The van der Waals surface area contributed by atoms with Gasteiger partial charge >= 0.3 is 0 Å². The summed E-state index contributed by atoms with van der Waals surface area (Å²) in [6.45, 7) is 0.988. The average molecular weight is 424 g/mol. The molecule has 0 bridgehead atoms. The summed E-state index contributed by atoms with van der Waals surface area (Å²) in [6, 6.07) is 4.11. The monoisotopic (exact) mass is 423 g/mol. The number of carbonyl (C=O) groups excluding carboxylic acids is 3. The Bertz CT molecular complexity index is 865. The van der Waals surface area contributed by atoms with Crippen LogP contribution >= 0.6 is 23.4 Å². The molecule has 0 saturated carbocycles. The molecule has 0 aromatic heterocycles. The van der Waals surface area contributed by atoms with E-state index in [-0.39, 0.29) is 28.1 Å². The molecule has 3 amide bonds. The lowest BCUT2D eigenvalue weighted by molar-refractivity contribution is -0.384. The molecule has 1 aromatic carbocycles. The van der Waals surface area contributed by atoms with E-state index in [1.54, 1.807) is 4.90 Å². The Labute approximate surface area is 170 Å². The summed E-state index contributed by atoms with van der Waals surface area (Å²) in [5, 5.41) is 10.5. The van der Waals surface area contributed by atoms with Crippen LogP contribution in [0, 0.1) is 10.1 Å². The second-order valence-corrected chi connectivity index (χ2v) is 7.93. The van der Waals surface area contributed by atoms with E-state index < -0.39 is 16.1 Å². The molecule has 2 saturated heterocycles. The molecule has 10 heteroatoms. The van der Waals surface area contributed by atoms with Crippen molar-refractivity contribution in [3.63, 3.8) is 0 Å².